The Morgan fingerprint density at radius 1 is 1.07 bits per heavy atom. The standard InChI is InChI=1S/C20H25N3O4S/c1-14-8-4-5-11-18(14)23(28(3,26)27)13-7-12-19(24)22-17-10-6-9-16(15(17)2)20(21)25/h4-6,8-11H,7,12-13H2,1-3H3,(H2,21,25)(H,22,24). The zero-order chi connectivity index (χ0) is 20.9. The Kier molecular flexibility index (Phi) is 6.80. The number of aryl methyl sites for hydroxylation is 1. The molecule has 150 valence electrons. The molecule has 3 N–H and O–H groups in total. The van der Waals surface area contributed by atoms with E-state index < -0.39 is 15.9 Å². The minimum absolute atomic E-state index is 0.137. The molecule has 2 aromatic carbocycles. The van der Waals surface area contributed by atoms with E-state index in [1.807, 2.05) is 19.1 Å². The second kappa shape index (κ2) is 8.88. The van der Waals surface area contributed by atoms with Crippen molar-refractivity contribution in [2.24, 2.45) is 5.73 Å². The molecule has 8 heteroatoms. The zero-order valence-corrected chi connectivity index (χ0v) is 17.0. The van der Waals surface area contributed by atoms with Gasteiger partial charge < -0.3 is 11.1 Å². The number of carbonyl (C=O) groups is 2. The van der Waals surface area contributed by atoms with Crippen molar-refractivity contribution in [3.05, 3.63) is 59.2 Å². The van der Waals surface area contributed by atoms with E-state index in [1.165, 1.54) is 4.31 Å². The van der Waals surface area contributed by atoms with E-state index in [-0.39, 0.29) is 18.9 Å². The summed E-state index contributed by atoms with van der Waals surface area (Å²) in [6, 6.07) is 12.1. The number of hydrogen-bond donors (Lipinski definition) is 2. The predicted molar refractivity (Wildman–Crippen MR) is 111 cm³/mol. The maximum atomic E-state index is 12.3. The lowest BCUT2D eigenvalue weighted by Gasteiger charge is -2.24. The first-order valence-electron chi connectivity index (χ1n) is 8.84. The highest BCUT2D eigenvalue weighted by molar-refractivity contribution is 7.92. The lowest BCUT2D eigenvalue weighted by molar-refractivity contribution is -0.116. The Bertz CT molecular complexity index is 987. The molecule has 0 bridgehead atoms. The van der Waals surface area contributed by atoms with Crippen molar-refractivity contribution in [3.63, 3.8) is 0 Å². The molecule has 0 aliphatic heterocycles. The summed E-state index contributed by atoms with van der Waals surface area (Å²) in [5.74, 6) is -0.821. The van der Waals surface area contributed by atoms with Gasteiger partial charge in [0.15, 0.2) is 0 Å². The Labute approximate surface area is 165 Å². The maximum absolute atomic E-state index is 12.3. The van der Waals surface area contributed by atoms with Crippen LogP contribution < -0.4 is 15.4 Å². The third kappa shape index (κ3) is 5.32. The summed E-state index contributed by atoms with van der Waals surface area (Å²) >= 11 is 0. The van der Waals surface area contributed by atoms with E-state index in [0.29, 0.717) is 28.9 Å². The molecule has 0 saturated heterocycles. The highest BCUT2D eigenvalue weighted by Crippen LogP contribution is 2.23. The Balaban J connectivity index is 2.03. The molecule has 0 atom stereocenters. The van der Waals surface area contributed by atoms with Crippen LogP contribution >= 0.6 is 0 Å². The Morgan fingerprint density at radius 3 is 2.36 bits per heavy atom. The summed E-state index contributed by atoms with van der Waals surface area (Å²) in [4.78, 5) is 23.7. The van der Waals surface area contributed by atoms with Crippen molar-refractivity contribution >= 4 is 33.2 Å². The molecule has 0 unspecified atom stereocenters. The largest absolute Gasteiger partial charge is 0.366 e. The molecule has 0 saturated carbocycles. The van der Waals surface area contributed by atoms with Crippen molar-refractivity contribution in [1.29, 1.82) is 0 Å². The lowest BCUT2D eigenvalue weighted by atomic mass is 10.1. The first-order valence-corrected chi connectivity index (χ1v) is 10.7. The fourth-order valence-electron chi connectivity index (χ4n) is 2.94. The van der Waals surface area contributed by atoms with Crippen molar-refractivity contribution in [3.8, 4) is 0 Å². The van der Waals surface area contributed by atoms with Crippen LogP contribution in [0.5, 0.6) is 0 Å². The number of nitrogens with one attached hydrogen (secondary N) is 1. The molecule has 0 aliphatic carbocycles. The quantitative estimate of drug-likeness (QED) is 0.706. The molecule has 28 heavy (non-hydrogen) atoms. The molecule has 2 amide bonds. The molecule has 7 nitrogen and oxygen atoms in total. The van der Waals surface area contributed by atoms with Gasteiger partial charge in [0.2, 0.25) is 21.8 Å². The van der Waals surface area contributed by atoms with Crippen LogP contribution in [0.3, 0.4) is 0 Å². The summed E-state index contributed by atoms with van der Waals surface area (Å²) in [5.41, 5.74) is 8.23. The van der Waals surface area contributed by atoms with E-state index in [4.69, 9.17) is 5.73 Å². The first kappa shape index (κ1) is 21.4. The maximum Gasteiger partial charge on any atom is 0.249 e. The van der Waals surface area contributed by atoms with Crippen molar-refractivity contribution in [2.75, 3.05) is 22.4 Å². The summed E-state index contributed by atoms with van der Waals surface area (Å²) in [6.07, 6.45) is 1.64. The number of para-hydroxylation sites is 1. The van der Waals surface area contributed by atoms with Crippen LogP contribution in [0.25, 0.3) is 0 Å². The number of carbonyl (C=O) groups excluding carboxylic acids is 2. The van der Waals surface area contributed by atoms with Gasteiger partial charge in [-0.2, -0.15) is 0 Å². The molecule has 0 heterocycles. The van der Waals surface area contributed by atoms with Gasteiger partial charge >= 0.3 is 0 Å². The van der Waals surface area contributed by atoms with Gasteiger partial charge in [-0.05, 0) is 49.6 Å². The van der Waals surface area contributed by atoms with Crippen LogP contribution in [0.1, 0.15) is 34.3 Å². The fourth-order valence-corrected chi connectivity index (χ4v) is 3.96. The second-order valence-electron chi connectivity index (χ2n) is 6.62. The van der Waals surface area contributed by atoms with Crippen LogP contribution in [0.15, 0.2) is 42.5 Å². The Morgan fingerprint density at radius 2 is 1.75 bits per heavy atom. The van der Waals surface area contributed by atoms with Crippen LogP contribution in [0.2, 0.25) is 0 Å². The van der Waals surface area contributed by atoms with Gasteiger partial charge in [0.05, 0.1) is 11.9 Å². The molecule has 0 radical (unpaired) electrons. The van der Waals surface area contributed by atoms with Gasteiger partial charge in [-0.15, -0.1) is 0 Å². The van der Waals surface area contributed by atoms with Crippen LogP contribution in [-0.2, 0) is 14.8 Å². The highest BCUT2D eigenvalue weighted by atomic mass is 32.2. The molecule has 0 aliphatic rings. The Hall–Kier alpha value is -2.87. The highest BCUT2D eigenvalue weighted by Gasteiger charge is 2.19. The number of rotatable bonds is 8. The third-order valence-corrected chi connectivity index (χ3v) is 5.60. The normalized spacial score (nSPS) is 11.1. The molecular weight excluding hydrogens is 378 g/mol. The van der Waals surface area contributed by atoms with Gasteiger partial charge in [0.1, 0.15) is 0 Å². The molecule has 2 rings (SSSR count). The van der Waals surface area contributed by atoms with Gasteiger partial charge in [0, 0.05) is 24.2 Å². The minimum atomic E-state index is -3.47. The predicted octanol–water partition coefficient (Wildman–Crippen LogP) is 2.59. The number of hydrogen-bond acceptors (Lipinski definition) is 4. The number of sulfonamides is 1. The van der Waals surface area contributed by atoms with Gasteiger partial charge in [-0.25, -0.2) is 8.42 Å². The SMILES string of the molecule is Cc1ccccc1N(CCCC(=O)Nc1cccc(C(N)=O)c1C)S(C)(=O)=O. The molecular formula is C20H25N3O4S. The summed E-state index contributed by atoms with van der Waals surface area (Å²) in [7, 11) is -3.47. The summed E-state index contributed by atoms with van der Waals surface area (Å²) in [6.45, 7) is 3.74. The average Bonchev–Trinajstić information content (AvgIpc) is 2.60. The van der Waals surface area contributed by atoms with Crippen molar-refractivity contribution < 1.29 is 18.0 Å². The van der Waals surface area contributed by atoms with Crippen LogP contribution in [0.4, 0.5) is 11.4 Å². The van der Waals surface area contributed by atoms with E-state index >= 15 is 0 Å². The van der Waals surface area contributed by atoms with Crippen molar-refractivity contribution in [2.45, 2.75) is 26.7 Å². The molecule has 0 aromatic heterocycles. The zero-order valence-electron chi connectivity index (χ0n) is 16.2. The number of benzene rings is 2. The lowest BCUT2D eigenvalue weighted by Crippen LogP contribution is -2.32. The van der Waals surface area contributed by atoms with Crippen LogP contribution in [0, 0.1) is 13.8 Å². The third-order valence-electron chi connectivity index (χ3n) is 4.42. The number of nitrogens with two attached hydrogens (primary N) is 1. The topological polar surface area (TPSA) is 110 Å². The van der Waals surface area contributed by atoms with Gasteiger partial charge in [-0.1, -0.05) is 24.3 Å². The van der Waals surface area contributed by atoms with Crippen LogP contribution in [-0.4, -0.2) is 33.0 Å². The summed E-state index contributed by atoms with van der Waals surface area (Å²) < 4.78 is 25.7. The number of anilines is 2. The average molecular weight is 404 g/mol. The van der Waals surface area contributed by atoms with E-state index in [2.05, 4.69) is 5.32 Å². The fraction of sp³-hybridized carbons (Fsp3) is 0.300. The molecule has 0 spiro atoms. The van der Waals surface area contributed by atoms with Gasteiger partial charge in [0.25, 0.3) is 0 Å². The van der Waals surface area contributed by atoms with E-state index in [9.17, 15) is 18.0 Å². The number of primary amides is 1. The first-order chi connectivity index (χ1) is 13.1. The second-order valence-corrected chi connectivity index (χ2v) is 8.52. The molecule has 0 fully saturated rings. The van der Waals surface area contributed by atoms with Gasteiger partial charge in [-0.3, -0.25) is 13.9 Å². The van der Waals surface area contributed by atoms with E-state index in [1.54, 1.807) is 37.3 Å². The van der Waals surface area contributed by atoms with E-state index in [0.717, 1.165) is 11.8 Å². The number of amides is 2. The smallest absolute Gasteiger partial charge is 0.249 e. The summed E-state index contributed by atoms with van der Waals surface area (Å²) in [5, 5.41) is 2.75. The molecule has 2 aromatic rings. The van der Waals surface area contributed by atoms with Crippen molar-refractivity contribution in [1.82, 2.24) is 0 Å². The minimum Gasteiger partial charge on any atom is -0.366 e. The monoisotopic (exact) mass is 403 g/mol. The number of nitrogens with zero attached hydrogens (tertiary/aromatic N) is 1.